The van der Waals surface area contributed by atoms with Crippen molar-refractivity contribution in [2.75, 3.05) is 0 Å². The van der Waals surface area contributed by atoms with Crippen molar-refractivity contribution in [2.45, 2.75) is 12.1 Å². The number of rotatable bonds is 2. The van der Waals surface area contributed by atoms with Gasteiger partial charge >= 0.3 is 0 Å². The Bertz CT molecular complexity index is 408. The molecule has 0 saturated heterocycles. The van der Waals surface area contributed by atoms with Gasteiger partial charge in [0.2, 0.25) is 0 Å². The Labute approximate surface area is 92.7 Å². The molecule has 0 spiro atoms. The Morgan fingerprint density at radius 2 is 2.40 bits per heavy atom. The van der Waals surface area contributed by atoms with Gasteiger partial charge in [0.25, 0.3) is 0 Å². The first-order chi connectivity index (χ1) is 7.23. The molecular weight excluding hydrogens is 210 g/mol. The lowest BCUT2D eigenvalue weighted by Crippen LogP contribution is -2.51. The third-order valence-corrected chi connectivity index (χ3v) is 2.32. The summed E-state index contributed by atoms with van der Waals surface area (Å²) in [6.07, 6.45) is 11.7. The fourth-order valence-corrected chi connectivity index (χ4v) is 1.73. The average molecular weight is 221 g/mol. The lowest BCUT2D eigenvalue weighted by atomic mass is 10.0. The van der Waals surface area contributed by atoms with Crippen LogP contribution in [0.3, 0.4) is 0 Å². The Kier molecular flexibility index (Phi) is 2.51. The molecule has 1 aromatic heterocycles. The monoisotopic (exact) mass is 221 g/mol. The van der Waals surface area contributed by atoms with E-state index in [1.807, 2.05) is 24.3 Å². The fraction of sp³-hybridized carbons (Fsp3) is 0.222. The molecule has 0 aliphatic heterocycles. The summed E-state index contributed by atoms with van der Waals surface area (Å²) in [4.78, 5) is 3.92. The molecule has 0 saturated carbocycles. The van der Waals surface area contributed by atoms with Crippen LogP contribution in [0.5, 0.6) is 0 Å². The van der Waals surface area contributed by atoms with E-state index in [9.17, 15) is 0 Å². The molecule has 1 aromatic rings. The molecule has 1 unspecified atom stereocenters. The van der Waals surface area contributed by atoms with E-state index in [1.54, 1.807) is 11.0 Å². The van der Waals surface area contributed by atoms with Crippen molar-refractivity contribution in [3.8, 4) is 0 Å². The van der Waals surface area contributed by atoms with Gasteiger partial charge in [0.1, 0.15) is 12.7 Å². The molecule has 0 amide bonds. The van der Waals surface area contributed by atoms with Crippen LogP contribution in [0.25, 0.3) is 0 Å². The molecule has 1 heterocycles. The summed E-state index contributed by atoms with van der Waals surface area (Å²) < 4.78 is 1.70. The number of thiocarbonyl (C=S) groups is 1. The predicted molar refractivity (Wildman–Crippen MR) is 60.8 cm³/mol. The van der Waals surface area contributed by atoms with E-state index in [2.05, 4.69) is 15.4 Å². The lowest BCUT2D eigenvalue weighted by molar-refractivity contribution is 0.306. The molecule has 78 valence electrons. The average Bonchev–Trinajstić information content (AvgIpc) is 2.71. The minimum Gasteiger partial charge on any atom is -0.376 e. The minimum absolute atomic E-state index is 0.241. The number of hydrogen-bond donors (Lipinski definition) is 2. The van der Waals surface area contributed by atoms with E-state index in [4.69, 9.17) is 18.0 Å². The second-order valence-electron chi connectivity index (χ2n) is 3.24. The summed E-state index contributed by atoms with van der Waals surface area (Å²) in [5.74, 6) is 0. The highest BCUT2D eigenvalue weighted by atomic mass is 32.1. The molecule has 1 aliphatic rings. The van der Waals surface area contributed by atoms with Crippen LogP contribution in [0.2, 0.25) is 0 Å². The van der Waals surface area contributed by atoms with Crippen LogP contribution in [0.15, 0.2) is 37.0 Å². The van der Waals surface area contributed by atoms with E-state index in [1.165, 1.54) is 6.33 Å². The van der Waals surface area contributed by atoms with E-state index in [-0.39, 0.29) is 5.11 Å². The van der Waals surface area contributed by atoms with Crippen molar-refractivity contribution in [3.63, 3.8) is 0 Å². The number of nitrogens with zero attached hydrogens (tertiary/aromatic N) is 3. The zero-order valence-corrected chi connectivity index (χ0v) is 8.81. The lowest BCUT2D eigenvalue weighted by Gasteiger charge is -2.32. The van der Waals surface area contributed by atoms with Gasteiger partial charge in [-0.25, -0.2) is 9.67 Å². The van der Waals surface area contributed by atoms with Crippen molar-refractivity contribution in [2.24, 2.45) is 5.73 Å². The zero-order valence-electron chi connectivity index (χ0n) is 8.00. The second-order valence-corrected chi connectivity index (χ2v) is 3.68. The van der Waals surface area contributed by atoms with Crippen LogP contribution in [0.4, 0.5) is 0 Å². The van der Waals surface area contributed by atoms with Gasteiger partial charge in [-0.15, -0.1) is 0 Å². The first-order valence-electron chi connectivity index (χ1n) is 4.50. The number of nitrogens with two attached hydrogens (primary N) is 1. The van der Waals surface area contributed by atoms with Gasteiger partial charge in [-0.3, -0.25) is 0 Å². The smallest absolute Gasteiger partial charge is 0.165 e. The number of nitrogens with one attached hydrogen (secondary N) is 1. The Morgan fingerprint density at radius 1 is 1.53 bits per heavy atom. The van der Waals surface area contributed by atoms with Gasteiger partial charge in [0.15, 0.2) is 10.8 Å². The van der Waals surface area contributed by atoms with Crippen molar-refractivity contribution < 1.29 is 0 Å². The maximum atomic E-state index is 5.52. The van der Waals surface area contributed by atoms with Crippen LogP contribution in [-0.2, 0) is 5.66 Å². The van der Waals surface area contributed by atoms with Crippen molar-refractivity contribution in [1.82, 2.24) is 20.1 Å². The summed E-state index contributed by atoms with van der Waals surface area (Å²) in [6, 6.07) is 0. The van der Waals surface area contributed by atoms with Crippen LogP contribution in [-0.4, -0.2) is 19.9 Å². The Hall–Kier alpha value is -1.69. The molecule has 0 fully saturated rings. The molecule has 3 N–H and O–H groups in total. The topological polar surface area (TPSA) is 68.8 Å². The maximum Gasteiger partial charge on any atom is 0.165 e. The highest BCUT2D eigenvalue weighted by Crippen LogP contribution is 2.22. The Morgan fingerprint density at radius 3 is 2.93 bits per heavy atom. The van der Waals surface area contributed by atoms with Gasteiger partial charge < -0.3 is 11.1 Å². The fourth-order valence-electron chi connectivity index (χ4n) is 1.56. The molecule has 6 heteroatoms. The molecular formula is C9H11N5S. The molecule has 1 aliphatic carbocycles. The largest absolute Gasteiger partial charge is 0.376 e. The minimum atomic E-state index is -0.517. The highest BCUT2D eigenvalue weighted by molar-refractivity contribution is 7.80. The van der Waals surface area contributed by atoms with Crippen LogP contribution >= 0.6 is 12.2 Å². The summed E-state index contributed by atoms with van der Waals surface area (Å²) in [7, 11) is 0. The van der Waals surface area contributed by atoms with Gasteiger partial charge in [-0.05, 0) is 18.3 Å². The molecule has 2 rings (SSSR count). The first-order valence-corrected chi connectivity index (χ1v) is 4.91. The number of hydrogen-bond acceptors (Lipinski definition) is 3. The van der Waals surface area contributed by atoms with Crippen LogP contribution in [0.1, 0.15) is 6.42 Å². The second kappa shape index (κ2) is 3.82. The SMILES string of the molecule is NC(=S)NC1(n2cncn2)C=CC=CC1. The Balaban J connectivity index is 2.35. The van der Waals surface area contributed by atoms with Gasteiger partial charge in [-0.2, -0.15) is 5.10 Å². The summed E-state index contributed by atoms with van der Waals surface area (Å²) in [5.41, 5.74) is 5.00. The summed E-state index contributed by atoms with van der Waals surface area (Å²) in [6.45, 7) is 0. The van der Waals surface area contributed by atoms with E-state index < -0.39 is 5.66 Å². The highest BCUT2D eigenvalue weighted by Gasteiger charge is 2.30. The third kappa shape index (κ3) is 1.89. The van der Waals surface area contributed by atoms with Crippen molar-refractivity contribution in [3.05, 3.63) is 37.0 Å². The normalized spacial score (nSPS) is 24.0. The van der Waals surface area contributed by atoms with Gasteiger partial charge in [0, 0.05) is 6.42 Å². The molecule has 0 radical (unpaired) electrons. The molecule has 0 bridgehead atoms. The predicted octanol–water partition coefficient (Wildman–Crippen LogP) is 0.280. The van der Waals surface area contributed by atoms with E-state index in [0.717, 1.165) is 6.42 Å². The quantitative estimate of drug-likeness (QED) is 0.702. The molecule has 0 aromatic carbocycles. The number of allylic oxidation sites excluding steroid dienone is 2. The van der Waals surface area contributed by atoms with Crippen molar-refractivity contribution in [1.29, 1.82) is 0 Å². The molecule has 1 atom stereocenters. The van der Waals surface area contributed by atoms with E-state index >= 15 is 0 Å². The van der Waals surface area contributed by atoms with Crippen LogP contribution in [0, 0.1) is 0 Å². The van der Waals surface area contributed by atoms with Crippen molar-refractivity contribution >= 4 is 17.3 Å². The first kappa shape index (κ1) is 9.85. The third-order valence-electron chi connectivity index (χ3n) is 2.22. The number of aromatic nitrogens is 3. The summed E-state index contributed by atoms with van der Waals surface area (Å²) >= 11 is 4.87. The summed E-state index contributed by atoms with van der Waals surface area (Å²) in [5, 5.41) is 7.38. The van der Waals surface area contributed by atoms with Crippen LogP contribution < -0.4 is 11.1 Å². The standard InChI is InChI=1S/C9H11N5S/c10-8(15)13-9(4-2-1-3-5-9)14-7-11-6-12-14/h1-4,6-7H,5H2,(H3,10,13,15). The zero-order chi connectivity index (χ0) is 10.7. The van der Waals surface area contributed by atoms with E-state index in [0.29, 0.717) is 0 Å². The van der Waals surface area contributed by atoms with Gasteiger partial charge in [-0.1, -0.05) is 18.2 Å². The molecule has 15 heavy (non-hydrogen) atoms. The van der Waals surface area contributed by atoms with Gasteiger partial charge in [0.05, 0.1) is 0 Å². The maximum absolute atomic E-state index is 5.52. The molecule has 5 nitrogen and oxygen atoms in total.